The fourth-order valence-corrected chi connectivity index (χ4v) is 3.25. The largest absolute Gasteiger partial charge is 0.467 e. The van der Waals surface area contributed by atoms with Crippen LogP contribution >= 0.6 is 11.6 Å². The van der Waals surface area contributed by atoms with Crippen molar-refractivity contribution in [2.24, 2.45) is 7.05 Å². The molecule has 3 unspecified atom stereocenters. The molecule has 3 aromatic rings. The summed E-state index contributed by atoms with van der Waals surface area (Å²) in [6.07, 6.45) is 1.52. The fourth-order valence-electron chi connectivity index (χ4n) is 3.08. The van der Waals surface area contributed by atoms with Crippen molar-refractivity contribution in [1.82, 2.24) is 14.9 Å². The number of furan rings is 1. The van der Waals surface area contributed by atoms with Gasteiger partial charge in [-0.05, 0) is 50.6 Å². The SMILES string of the molecule is CC(CC(O)c1ccco1)NC(C)c1nc2cc(Cl)ccc2n1C. The molecule has 0 saturated heterocycles. The number of benzene rings is 1. The Morgan fingerprint density at radius 1 is 1.33 bits per heavy atom. The van der Waals surface area contributed by atoms with E-state index >= 15 is 0 Å². The predicted molar refractivity (Wildman–Crippen MR) is 95.0 cm³/mol. The summed E-state index contributed by atoms with van der Waals surface area (Å²) in [6.45, 7) is 4.11. The van der Waals surface area contributed by atoms with Crippen molar-refractivity contribution >= 4 is 22.6 Å². The van der Waals surface area contributed by atoms with E-state index in [-0.39, 0.29) is 12.1 Å². The summed E-state index contributed by atoms with van der Waals surface area (Å²) in [6, 6.07) is 9.43. The first-order chi connectivity index (χ1) is 11.5. The van der Waals surface area contributed by atoms with Crippen LogP contribution in [-0.2, 0) is 7.05 Å². The highest BCUT2D eigenvalue weighted by atomic mass is 35.5. The zero-order valence-corrected chi connectivity index (χ0v) is 14.8. The van der Waals surface area contributed by atoms with Crippen LogP contribution in [0.3, 0.4) is 0 Å². The number of rotatable bonds is 6. The van der Waals surface area contributed by atoms with Crippen molar-refractivity contribution in [3.05, 3.63) is 53.2 Å². The second kappa shape index (κ2) is 6.97. The summed E-state index contributed by atoms with van der Waals surface area (Å²) >= 11 is 6.05. The molecule has 5 nitrogen and oxygen atoms in total. The van der Waals surface area contributed by atoms with E-state index in [1.807, 2.05) is 32.2 Å². The average Bonchev–Trinajstić information content (AvgIpc) is 3.15. The Balaban J connectivity index is 1.70. The molecule has 24 heavy (non-hydrogen) atoms. The summed E-state index contributed by atoms with van der Waals surface area (Å²) in [5, 5.41) is 14.4. The minimum Gasteiger partial charge on any atom is -0.467 e. The maximum Gasteiger partial charge on any atom is 0.132 e. The maximum absolute atomic E-state index is 10.2. The molecule has 128 valence electrons. The van der Waals surface area contributed by atoms with Crippen LogP contribution in [0.25, 0.3) is 11.0 Å². The molecule has 0 aliphatic heterocycles. The van der Waals surface area contributed by atoms with Gasteiger partial charge in [-0.3, -0.25) is 0 Å². The standard InChI is InChI=1S/C18H22ClN3O2/c1-11(9-16(23)17-5-4-8-24-17)20-12(2)18-21-14-10-13(19)6-7-15(14)22(18)3/h4-8,10-12,16,20,23H,9H2,1-3H3. The van der Waals surface area contributed by atoms with E-state index in [2.05, 4.69) is 16.8 Å². The molecule has 0 aliphatic carbocycles. The van der Waals surface area contributed by atoms with E-state index in [0.717, 1.165) is 16.9 Å². The summed E-state index contributed by atoms with van der Waals surface area (Å²) in [4.78, 5) is 4.69. The van der Waals surface area contributed by atoms with Crippen LogP contribution in [0.2, 0.25) is 5.02 Å². The van der Waals surface area contributed by atoms with E-state index in [1.54, 1.807) is 18.4 Å². The molecule has 0 fully saturated rings. The Bertz CT molecular complexity index is 813. The summed E-state index contributed by atoms with van der Waals surface area (Å²) in [7, 11) is 2.00. The molecule has 6 heteroatoms. The van der Waals surface area contributed by atoms with Gasteiger partial charge in [0.15, 0.2) is 0 Å². The molecule has 2 aromatic heterocycles. The van der Waals surface area contributed by atoms with Gasteiger partial charge in [0.25, 0.3) is 0 Å². The Morgan fingerprint density at radius 3 is 2.83 bits per heavy atom. The number of hydrogen-bond acceptors (Lipinski definition) is 4. The zero-order valence-electron chi connectivity index (χ0n) is 14.0. The third-order valence-corrected chi connectivity index (χ3v) is 4.48. The van der Waals surface area contributed by atoms with E-state index in [4.69, 9.17) is 21.0 Å². The summed E-state index contributed by atoms with van der Waals surface area (Å²) in [5.41, 5.74) is 1.93. The molecular weight excluding hydrogens is 326 g/mol. The van der Waals surface area contributed by atoms with Crippen LogP contribution in [0.4, 0.5) is 0 Å². The molecule has 0 bridgehead atoms. The van der Waals surface area contributed by atoms with Crippen molar-refractivity contribution < 1.29 is 9.52 Å². The highest BCUT2D eigenvalue weighted by Gasteiger charge is 2.19. The van der Waals surface area contributed by atoms with Gasteiger partial charge in [0.1, 0.15) is 17.7 Å². The number of hydrogen-bond donors (Lipinski definition) is 2. The maximum atomic E-state index is 10.2. The predicted octanol–water partition coefficient (Wildman–Crippen LogP) is 3.98. The van der Waals surface area contributed by atoms with Crippen molar-refractivity contribution in [1.29, 1.82) is 0 Å². The lowest BCUT2D eigenvalue weighted by atomic mass is 10.1. The van der Waals surface area contributed by atoms with Gasteiger partial charge in [-0.25, -0.2) is 4.98 Å². The molecule has 0 aliphatic rings. The molecule has 2 N–H and O–H groups in total. The van der Waals surface area contributed by atoms with Gasteiger partial charge in [0.05, 0.1) is 23.3 Å². The van der Waals surface area contributed by atoms with Gasteiger partial charge in [-0.1, -0.05) is 11.6 Å². The fraction of sp³-hybridized carbons (Fsp3) is 0.389. The molecule has 0 spiro atoms. The number of nitrogens with one attached hydrogen (secondary N) is 1. The van der Waals surface area contributed by atoms with Crippen LogP contribution < -0.4 is 5.32 Å². The Kier molecular flexibility index (Phi) is 4.94. The van der Waals surface area contributed by atoms with Crippen LogP contribution in [0, 0.1) is 0 Å². The van der Waals surface area contributed by atoms with E-state index in [9.17, 15) is 5.11 Å². The van der Waals surface area contributed by atoms with Crippen molar-refractivity contribution in [2.45, 2.75) is 38.5 Å². The minimum absolute atomic E-state index is 0.0416. The Hall–Kier alpha value is -1.82. The van der Waals surface area contributed by atoms with Crippen molar-refractivity contribution in [2.75, 3.05) is 0 Å². The lowest BCUT2D eigenvalue weighted by molar-refractivity contribution is 0.127. The average molecular weight is 348 g/mol. The zero-order chi connectivity index (χ0) is 17.3. The van der Waals surface area contributed by atoms with Crippen LogP contribution in [0.1, 0.15) is 44.0 Å². The Morgan fingerprint density at radius 2 is 2.12 bits per heavy atom. The number of aliphatic hydroxyl groups excluding tert-OH is 1. The lowest BCUT2D eigenvalue weighted by Crippen LogP contribution is -2.31. The van der Waals surface area contributed by atoms with E-state index < -0.39 is 6.10 Å². The monoisotopic (exact) mass is 347 g/mol. The molecule has 0 amide bonds. The van der Waals surface area contributed by atoms with Gasteiger partial charge in [0.2, 0.25) is 0 Å². The van der Waals surface area contributed by atoms with Gasteiger partial charge >= 0.3 is 0 Å². The first-order valence-electron chi connectivity index (χ1n) is 8.05. The lowest BCUT2D eigenvalue weighted by Gasteiger charge is -2.21. The minimum atomic E-state index is -0.617. The number of aromatic nitrogens is 2. The molecule has 3 rings (SSSR count). The van der Waals surface area contributed by atoms with Gasteiger partial charge in [-0.2, -0.15) is 0 Å². The number of imidazole rings is 1. The number of halogens is 1. The first-order valence-corrected chi connectivity index (χ1v) is 8.43. The second-order valence-electron chi connectivity index (χ2n) is 6.22. The first kappa shape index (κ1) is 17.0. The topological polar surface area (TPSA) is 63.2 Å². The molecule has 0 radical (unpaired) electrons. The van der Waals surface area contributed by atoms with Crippen molar-refractivity contribution in [3.8, 4) is 0 Å². The molecular formula is C18H22ClN3O2. The highest BCUT2D eigenvalue weighted by molar-refractivity contribution is 6.31. The van der Waals surface area contributed by atoms with Gasteiger partial charge in [0, 0.05) is 18.1 Å². The van der Waals surface area contributed by atoms with E-state index in [1.165, 1.54) is 0 Å². The Labute approximate surface area is 146 Å². The van der Waals surface area contributed by atoms with Crippen molar-refractivity contribution in [3.63, 3.8) is 0 Å². The normalized spacial score (nSPS) is 15.5. The second-order valence-corrected chi connectivity index (χ2v) is 6.65. The quantitative estimate of drug-likeness (QED) is 0.708. The molecule has 2 heterocycles. The van der Waals surface area contributed by atoms with Crippen LogP contribution in [0.15, 0.2) is 41.0 Å². The number of nitrogens with zero attached hydrogens (tertiary/aromatic N) is 2. The molecule has 0 saturated carbocycles. The third-order valence-electron chi connectivity index (χ3n) is 4.25. The van der Waals surface area contributed by atoms with Crippen LogP contribution in [0.5, 0.6) is 0 Å². The van der Waals surface area contributed by atoms with Gasteiger partial charge in [-0.15, -0.1) is 0 Å². The number of fused-ring (bicyclic) bond motifs is 1. The van der Waals surface area contributed by atoms with E-state index in [0.29, 0.717) is 17.2 Å². The summed E-state index contributed by atoms with van der Waals surface area (Å²) in [5.74, 6) is 1.53. The highest BCUT2D eigenvalue weighted by Crippen LogP contribution is 2.24. The number of aliphatic hydroxyl groups is 1. The van der Waals surface area contributed by atoms with Gasteiger partial charge < -0.3 is 19.4 Å². The smallest absolute Gasteiger partial charge is 0.132 e. The molecule has 3 atom stereocenters. The third kappa shape index (κ3) is 3.48. The van der Waals surface area contributed by atoms with Crippen LogP contribution in [-0.4, -0.2) is 20.7 Å². The number of aryl methyl sites for hydroxylation is 1. The molecule has 1 aromatic carbocycles. The summed E-state index contributed by atoms with van der Waals surface area (Å²) < 4.78 is 7.32.